The van der Waals surface area contributed by atoms with E-state index in [0.717, 1.165) is 0 Å². The monoisotopic (exact) mass is 153 g/mol. The maximum atomic E-state index is 12.9. The van der Waals surface area contributed by atoms with E-state index in [-0.39, 0.29) is 11.6 Å². The maximum Gasteiger partial charge on any atom is 0.126 e. The van der Waals surface area contributed by atoms with Crippen LogP contribution in [0.4, 0.5) is 8.78 Å². The first-order valence-corrected chi connectivity index (χ1v) is 3.56. The van der Waals surface area contributed by atoms with Crippen LogP contribution in [-0.2, 0) is 12.8 Å². The van der Waals surface area contributed by atoms with Gasteiger partial charge in [-0.15, -0.1) is 0 Å². The van der Waals surface area contributed by atoms with Gasteiger partial charge in [-0.2, -0.15) is 0 Å². The van der Waals surface area contributed by atoms with E-state index in [1.54, 1.807) is 0 Å². The Morgan fingerprint density at radius 1 is 0.909 bits per heavy atom. The Morgan fingerprint density at radius 3 is 1.82 bits per heavy atom. The average molecular weight is 153 g/mol. The molecule has 11 heavy (non-hydrogen) atoms. The van der Waals surface area contributed by atoms with Gasteiger partial charge in [0.25, 0.3) is 0 Å². The van der Waals surface area contributed by atoms with Crippen molar-refractivity contribution in [2.45, 2.75) is 12.8 Å². The lowest BCUT2D eigenvalue weighted by Gasteiger charge is -2.00. The highest BCUT2D eigenvalue weighted by Crippen LogP contribution is 2.25. The van der Waals surface area contributed by atoms with Crippen LogP contribution in [0.2, 0.25) is 0 Å². The highest BCUT2D eigenvalue weighted by Gasteiger charge is 2.18. The molecule has 1 aromatic carbocycles. The van der Waals surface area contributed by atoms with Crippen molar-refractivity contribution in [3.8, 4) is 0 Å². The van der Waals surface area contributed by atoms with Crippen molar-refractivity contribution in [2.75, 3.05) is 0 Å². The van der Waals surface area contributed by atoms with Crippen LogP contribution in [0.5, 0.6) is 0 Å². The van der Waals surface area contributed by atoms with E-state index in [2.05, 4.69) is 0 Å². The van der Waals surface area contributed by atoms with Gasteiger partial charge in [0.1, 0.15) is 11.6 Å². The largest absolute Gasteiger partial charge is 0.207 e. The van der Waals surface area contributed by atoms with Gasteiger partial charge in [-0.05, 0) is 42.5 Å². The van der Waals surface area contributed by atoms with Gasteiger partial charge >= 0.3 is 0 Å². The minimum absolute atomic E-state index is 0.282. The minimum Gasteiger partial charge on any atom is -0.207 e. The Bertz CT molecular complexity index is 263. The quantitative estimate of drug-likeness (QED) is 0.536. The number of hydrogen-bond acceptors (Lipinski definition) is 0. The molecule has 2 heteroatoms. The predicted octanol–water partition coefficient (Wildman–Crippen LogP) is 2.27. The smallest absolute Gasteiger partial charge is 0.126 e. The third-order valence-electron chi connectivity index (χ3n) is 2.01. The molecule has 0 fully saturated rings. The highest BCUT2D eigenvalue weighted by molar-refractivity contribution is 5.36. The van der Waals surface area contributed by atoms with E-state index in [0.29, 0.717) is 24.0 Å². The van der Waals surface area contributed by atoms with Crippen molar-refractivity contribution in [1.29, 1.82) is 0 Å². The van der Waals surface area contributed by atoms with E-state index in [1.807, 2.05) is 6.42 Å². The van der Waals surface area contributed by atoms with E-state index < -0.39 is 0 Å². The van der Waals surface area contributed by atoms with Gasteiger partial charge in [0.15, 0.2) is 0 Å². The fourth-order valence-electron chi connectivity index (χ4n) is 1.44. The first kappa shape index (κ1) is 6.77. The van der Waals surface area contributed by atoms with Crippen LogP contribution in [0.3, 0.4) is 0 Å². The topological polar surface area (TPSA) is 0 Å². The van der Waals surface area contributed by atoms with E-state index in [1.165, 1.54) is 12.1 Å². The summed E-state index contributed by atoms with van der Waals surface area (Å²) in [6, 6.07) is 2.38. The molecule has 0 nitrogen and oxygen atoms in total. The number of rotatable bonds is 0. The lowest BCUT2D eigenvalue weighted by Crippen LogP contribution is -1.91. The zero-order chi connectivity index (χ0) is 7.84. The second kappa shape index (κ2) is 2.29. The molecule has 0 saturated carbocycles. The second-order valence-corrected chi connectivity index (χ2v) is 2.68. The Balaban J connectivity index is 2.64. The lowest BCUT2D eigenvalue weighted by molar-refractivity contribution is 0.585. The summed E-state index contributed by atoms with van der Waals surface area (Å²) < 4.78 is 25.8. The van der Waals surface area contributed by atoms with Gasteiger partial charge < -0.3 is 0 Å². The molecule has 0 aromatic heterocycles. The third-order valence-corrected chi connectivity index (χ3v) is 2.01. The highest BCUT2D eigenvalue weighted by atomic mass is 19.1. The molecule has 1 radical (unpaired) electrons. The molecule has 0 amide bonds. The summed E-state index contributed by atoms with van der Waals surface area (Å²) in [5.41, 5.74) is 1.06. The van der Waals surface area contributed by atoms with Crippen molar-refractivity contribution in [2.24, 2.45) is 0 Å². The van der Waals surface area contributed by atoms with Crippen molar-refractivity contribution < 1.29 is 8.78 Å². The van der Waals surface area contributed by atoms with Crippen molar-refractivity contribution in [1.82, 2.24) is 0 Å². The molecule has 0 unspecified atom stereocenters. The van der Waals surface area contributed by atoms with Crippen LogP contribution in [0.1, 0.15) is 11.1 Å². The van der Waals surface area contributed by atoms with Gasteiger partial charge in [0.05, 0.1) is 0 Å². The molecule has 0 N–H and O–H groups in total. The first-order valence-electron chi connectivity index (χ1n) is 3.56. The Hall–Kier alpha value is -0.920. The number of fused-ring (bicyclic) bond motifs is 1. The molecule has 57 valence electrons. The Kier molecular flexibility index (Phi) is 1.41. The molecular weight excluding hydrogens is 146 g/mol. The summed E-state index contributed by atoms with van der Waals surface area (Å²) in [6.07, 6.45) is 3.02. The summed E-state index contributed by atoms with van der Waals surface area (Å²) in [4.78, 5) is 0. The van der Waals surface area contributed by atoms with E-state index in [4.69, 9.17) is 0 Å². The summed E-state index contributed by atoms with van der Waals surface area (Å²) in [6.45, 7) is 0. The van der Waals surface area contributed by atoms with Gasteiger partial charge in [-0.25, -0.2) is 8.78 Å². The van der Waals surface area contributed by atoms with Gasteiger partial charge in [0.2, 0.25) is 0 Å². The fraction of sp³-hybridized carbons (Fsp3) is 0.222. The van der Waals surface area contributed by atoms with Crippen molar-refractivity contribution >= 4 is 0 Å². The first-order chi connectivity index (χ1) is 5.29. The Labute approximate surface area is 63.9 Å². The van der Waals surface area contributed by atoms with Crippen LogP contribution >= 0.6 is 0 Å². The predicted molar refractivity (Wildman–Crippen MR) is 38.1 cm³/mol. The Morgan fingerprint density at radius 2 is 1.36 bits per heavy atom. The standard InChI is InChI=1S/C9H7F2/c10-8-4-5-9(11)7-3-1-2-6(7)8/h1,4-5H,2-3H2. The van der Waals surface area contributed by atoms with Crippen LogP contribution < -0.4 is 0 Å². The van der Waals surface area contributed by atoms with Crippen molar-refractivity contribution in [3.05, 3.63) is 41.3 Å². The third kappa shape index (κ3) is 0.934. The number of benzene rings is 1. The van der Waals surface area contributed by atoms with Crippen LogP contribution in [0, 0.1) is 18.1 Å². The van der Waals surface area contributed by atoms with E-state index >= 15 is 0 Å². The summed E-state index contributed by atoms with van der Waals surface area (Å²) in [5.74, 6) is -0.565. The molecular formula is C9H7F2. The minimum atomic E-state index is -0.282. The fourth-order valence-corrected chi connectivity index (χ4v) is 1.44. The zero-order valence-corrected chi connectivity index (χ0v) is 5.90. The molecule has 0 aliphatic heterocycles. The average Bonchev–Trinajstić information content (AvgIpc) is 2.45. The summed E-state index contributed by atoms with van der Waals surface area (Å²) in [7, 11) is 0. The molecule has 1 aliphatic rings. The van der Waals surface area contributed by atoms with Gasteiger partial charge in [-0.3, -0.25) is 0 Å². The van der Waals surface area contributed by atoms with Gasteiger partial charge in [-0.1, -0.05) is 0 Å². The molecule has 0 atom stereocenters. The maximum absolute atomic E-state index is 12.9. The zero-order valence-electron chi connectivity index (χ0n) is 5.90. The molecule has 1 aliphatic carbocycles. The van der Waals surface area contributed by atoms with Crippen molar-refractivity contribution in [3.63, 3.8) is 0 Å². The van der Waals surface area contributed by atoms with E-state index in [9.17, 15) is 8.78 Å². The molecule has 0 spiro atoms. The van der Waals surface area contributed by atoms with Crippen LogP contribution in [0.25, 0.3) is 0 Å². The van der Waals surface area contributed by atoms with Crippen LogP contribution in [0.15, 0.2) is 12.1 Å². The molecule has 0 heterocycles. The second-order valence-electron chi connectivity index (χ2n) is 2.68. The molecule has 0 saturated heterocycles. The molecule has 1 aromatic rings. The molecule has 0 bridgehead atoms. The lowest BCUT2D eigenvalue weighted by atomic mass is 10.1. The normalized spacial score (nSPS) is 15.1. The van der Waals surface area contributed by atoms with Crippen LogP contribution in [-0.4, -0.2) is 0 Å². The number of hydrogen-bond donors (Lipinski definition) is 0. The van der Waals surface area contributed by atoms with Gasteiger partial charge in [0, 0.05) is 0 Å². The molecule has 2 rings (SSSR count). The number of halogens is 2. The summed E-state index contributed by atoms with van der Waals surface area (Å²) in [5, 5.41) is 0. The summed E-state index contributed by atoms with van der Waals surface area (Å²) >= 11 is 0. The SMILES string of the molecule is Fc1ccc(F)c2c1C[CH]C2.